The Hall–Kier alpha value is -1.10. The van der Waals surface area contributed by atoms with Gasteiger partial charge in [-0.1, -0.05) is 19.1 Å². The maximum absolute atomic E-state index is 9.62. The number of aliphatic hydroxyl groups is 1. The fourth-order valence-corrected chi connectivity index (χ4v) is 3.06. The summed E-state index contributed by atoms with van der Waals surface area (Å²) < 4.78 is 11.1. The molecule has 2 rings (SSSR count). The van der Waals surface area contributed by atoms with Gasteiger partial charge in [-0.3, -0.25) is 0 Å². The van der Waals surface area contributed by atoms with E-state index in [4.69, 9.17) is 9.47 Å². The summed E-state index contributed by atoms with van der Waals surface area (Å²) in [4.78, 5) is 0. The second-order valence-electron chi connectivity index (χ2n) is 5.84. The van der Waals surface area contributed by atoms with E-state index in [2.05, 4.69) is 24.4 Å². The zero-order valence-corrected chi connectivity index (χ0v) is 13.1. The number of benzene rings is 1. The zero-order chi connectivity index (χ0) is 15.1. The Bertz CT molecular complexity index is 421. The van der Waals surface area contributed by atoms with Crippen LogP contribution in [0.1, 0.15) is 31.7 Å². The van der Waals surface area contributed by atoms with Gasteiger partial charge in [-0.2, -0.15) is 0 Å². The van der Waals surface area contributed by atoms with Crippen molar-refractivity contribution in [2.24, 2.45) is 0 Å². The van der Waals surface area contributed by atoms with Crippen molar-refractivity contribution >= 4 is 0 Å². The molecule has 0 heterocycles. The van der Waals surface area contributed by atoms with E-state index in [-0.39, 0.29) is 18.2 Å². The Morgan fingerprint density at radius 3 is 2.71 bits per heavy atom. The number of methoxy groups -OCH3 is 1. The fourth-order valence-electron chi connectivity index (χ4n) is 3.06. The molecule has 118 valence electrons. The molecule has 2 unspecified atom stereocenters. The first-order valence-electron chi connectivity index (χ1n) is 7.82. The van der Waals surface area contributed by atoms with Crippen LogP contribution in [-0.2, 0) is 11.2 Å². The largest absolute Gasteiger partial charge is 0.490 e. The van der Waals surface area contributed by atoms with Gasteiger partial charge in [0.25, 0.3) is 0 Å². The number of ether oxygens (including phenoxy) is 2. The predicted octanol–water partition coefficient (Wildman–Crippen LogP) is 2.15. The molecule has 4 heteroatoms. The van der Waals surface area contributed by atoms with Crippen molar-refractivity contribution < 1.29 is 14.6 Å². The van der Waals surface area contributed by atoms with E-state index in [1.165, 1.54) is 5.56 Å². The second-order valence-corrected chi connectivity index (χ2v) is 5.84. The van der Waals surface area contributed by atoms with Gasteiger partial charge in [-0.25, -0.2) is 0 Å². The first-order chi connectivity index (χ1) is 10.2. The Balaban J connectivity index is 1.88. The van der Waals surface area contributed by atoms with Gasteiger partial charge in [0.1, 0.15) is 11.9 Å². The third-order valence-corrected chi connectivity index (χ3v) is 4.24. The van der Waals surface area contributed by atoms with Crippen LogP contribution in [0.3, 0.4) is 0 Å². The van der Waals surface area contributed by atoms with Gasteiger partial charge >= 0.3 is 0 Å². The second kappa shape index (κ2) is 7.78. The van der Waals surface area contributed by atoms with E-state index in [0.717, 1.165) is 44.6 Å². The van der Waals surface area contributed by atoms with E-state index in [1.807, 2.05) is 12.1 Å². The summed E-state index contributed by atoms with van der Waals surface area (Å²) in [6.45, 7) is 3.87. The van der Waals surface area contributed by atoms with Crippen LogP contribution in [0.25, 0.3) is 0 Å². The first kappa shape index (κ1) is 16.3. The lowest BCUT2D eigenvalue weighted by Crippen LogP contribution is -2.46. The van der Waals surface area contributed by atoms with E-state index in [1.54, 1.807) is 7.11 Å². The average Bonchev–Trinajstić information content (AvgIpc) is 2.90. The summed E-state index contributed by atoms with van der Waals surface area (Å²) in [5, 5.41) is 13.0. The maximum Gasteiger partial charge on any atom is 0.119 e. The van der Waals surface area contributed by atoms with Crippen molar-refractivity contribution in [3.05, 3.63) is 29.8 Å². The molecule has 0 aliphatic heterocycles. The molecule has 21 heavy (non-hydrogen) atoms. The standard InChI is InChI=1S/C17H27NO3/c1-3-18-17(13-19)10-8-16(12-17)21-15-6-4-14(5-7-15)9-11-20-2/h4-7,16,18-19H,3,8-13H2,1-2H3. The molecular weight excluding hydrogens is 266 g/mol. The normalized spacial score (nSPS) is 25.2. The highest BCUT2D eigenvalue weighted by molar-refractivity contribution is 5.27. The summed E-state index contributed by atoms with van der Waals surface area (Å²) in [5.41, 5.74) is 1.10. The van der Waals surface area contributed by atoms with E-state index in [9.17, 15) is 5.11 Å². The lowest BCUT2D eigenvalue weighted by molar-refractivity contribution is 0.142. The van der Waals surface area contributed by atoms with Gasteiger partial charge in [0, 0.05) is 19.1 Å². The van der Waals surface area contributed by atoms with Gasteiger partial charge in [0.2, 0.25) is 0 Å². The third kappa shape index (κ3) is 4.43. The number of aliphatic hydroxyl groups excluding tert-OH is 1. The highest BCUT2D eigenvalue weighted by atomic mass is 16.5. The van der Waals surface area contributed by atoms with Gasteiger partial charge in [0.15, 0.2) is 0 Å². The molecule has 2 N–H and O–H groups in total. The molecular formula is C17H27NO3. The third-order valence-electron chi connectivity index (χ3n) is 4.24. The smallest absolute Gasteiger partial charge is 0.119 e. The fraction of sp³-hybridized carbons (Fsp3) is 0.647. The number of rotatable bonds is 8. The molecule has 1 aliphatic rings. The van der Waals surface area contributed by atoms with Crippen molar-refractivity contribution in [1.29, 1.82) is 0 Å². The van der Waals surface area contributed by atoms with Crippen LogP contribution >= 0.6 is 0 Å². The van der Waals surface area contributed by atoms with Crippen LogP contribution in [-0.4, -0.2) is 43.6 Å². The summed E-state index contributed by atoms with van der Waals surface area (Å²) in [5.74, 6) is 0.909. The molecule has 1 aromatic carbocycles. The molecule has 4 nitrogen and oxygen atoms in total. The van der Waals surface area contributed by atoms with Crippen LogP contribution in [0.15, 0.2) is 24.3 Å². The zero-order valence-electron chi connectivity index (χ0n) is 13.1. The molecule has 0 amide bonds. The molecule has 0 radical (unpaired) electrons. The van der Waals surface area contributed by atoms with Crippen molar-refractivity contribution in [3.63, 3.8) is 0 Å². The molecule has 1 aliphatic carbocycles. The number of hydrogen-bond donors (Lipinski definition) is 2. The van der Waals surface area contributed by atoms with Crippen LogP contribution in [0.4, 0.5) is 0 Å². The SMILES string of the molecule is CCNC1(CO)CCC(Oc2ccc(CCOC)cc2)C1. The first-order valence-corrected chi connectivity index (χ1v) is 7.82. The Labute approximate surface area is 127 Å². The summed E-state index contributed by atoms with van der Waals surface area (Å²) >= 11 is 0. The Morgan fingerprint density at radius 2 is 2.10 bits per heavy atom. The highest BCUT2D eigenvalue weighted by Gasteiger charge is 2.39. The molecule has 1 saturated carbocycles. The molecule has 0 aromatic heterocycles. The van der Waals surface area contributed by atoms with Crippen molar-refractivity contribution in [1.82, 2.24) is 5.32 Å². The van der Waals surface area contributed by atoms with Gasteiger partial charge in [0.05, 0.1) is 13.2 Å². The number of likely N-dealkylation sites (N-methyl/N-ethyl adjacent to an activating group) is 1. The molecule has 0 saturated heterocycles. The Kier molecular flexibility index (Phi) is 6.03. The summed E-state index contributed by atoms with van der Waals surface area (Å²) in [6, 6.07) is 8.23. The number of nitrogens with one attached hydrogen (secondary N) is 1. The van der Waals surface area contributed by atoms with Gasteiger partial charge in [-0.05, 0) is 43.5 Å². The average molecular weight is 293 g/mol. The molecule has 1 fully saturated rings. The van der Waals surface area contributed by atoms with Crippen LogP contribution in [0.2, 0.25) is 0 Å². The minimum atomic E-state index is -0.155. The molecule has 2 atom stereocenters. The minimum absolute atomic E-state index is 0.155. The lowest BCUT2D eigenvalue weighted by atomic mass is 9.99. The Morgan fingerprint density at radius 1 is 1.33 bits per heavy atom. The topological polar surface area (TPSA) is 50.7 Å². The highest BCUT2D eigenvalue weighted by Crippen LogP contribution is 2.32. The molecule has 1 aromatic rings. The van der Waals surface area contributed by atoms with Crippen molar-refractivity contribution in [3.8, 4) is 5.75 Å². The van der Waals surface area contributed by atoms with Crippen LogP contribution < -0.4 is 10.1 Å². The summed E-state index contributed by atoms with van der Waals surface area (Å²) in [7, 11) is 1.72. The maximum atomic E-state index is 9.62. The molecule has 0 bridgehead atoms. The quantitative estimate of drug-likeness (QED) is 0.771. The number of hydrogen-bond acceptors (Lipinski definition) is 4. The summed E-state index contributed by atoms with van der Waals surface area (Å²) in [6.07, 6.45) is 3.92. The lowest BCUT2D eigenvalue weighted by Gasteiger charge is -2.27. The van der Waals surface area contributed by atoms with E-state index < -0.39 is 0 Å². The van der Waals surface area contributed by atoms with Crippen LogP contribution in [0.5, 0.6) is 5.75 Å². The van der Waals surface area contributed by atoms with Crippen molar-refractivity contribution in [2.75, 3.05) is 26.9 Å². The monoisotopic (exact) mass is 293 g/mol. The molecule has 0 spiro atoms. The van der Waals surface area contributed by atoms with Gasteiger partial charge < -0.3 is 19.9 Å². The predicted molar refractivity (Wildman–Crippen MR) is 83.8 cm³/mol. The van der Waals surface area contributed by atoms with Crippen molar-refractivity contribution in [2.45, 2.75) is 44.2 Å². The van der Waals surface area contributed by atoms with Crippen LogP contribution in [0, 0.1) is 0 Å². The van der Waals surface area contributed by atoms with E-state index in [0.29, 0.717) is 0 Å². The minimum Gasteiger partial charge on any atom is -0.490 e. The van der Waals surface area contributed by atoms with E-state index >= 15 is 0 Å². The van der Waals surface area contributed by atoms with Gasteiger partial charge in [-0.15, -0.1) is 0 Å².